The third kappa shape index (κ3) is 6.95. The highest BCUT2D eigenvalue weighted by Gasteiger charge is 2.34. The van der Waals surface area contributed by atoms with E-state index in [1.807, 2.05) is 0 Å². The average Bonchev–Trinajstić information content (AvgIpc) is 2.91. The normalized spacial score (nSPS) is 14.7. The Bertz CT molecular complexity index is 1020. The lowest BCUT2D eigenvalue weighted by Gasteiger charge is -2.36. The average molecular weight is 484 g/mol. The highest BCUT2D eigenvalue weighted by atomic mass is 16.5. The second-order valence-corrected chi connectivity index (χ2v) is 8.33. The molecule has 1 unspecified atom stereocenters. The Morgan fingerprint density at radius 1 is 0.943 bits per heavy atom. The van der Waals surface area contributed by atoms with E-state index in [0.717, 1.165) is 0 Å². The van der Waals surface area contributed by atoms with Gasteiger partial charge in [-0.25, -0.2) is 0 Å². The van der Waals surface area contributed by atoms with Crippen LogP contribution in [-0.2, 0) is 9.53 Å². The van der Waals surface area contributed by atoms with Crippen LogP contribution in [0.2, 0.25) is 0 Å². The van der Waals surface area contributed by atoms with Gasteiger partial charge in [-0.05, 0) is 55.2 Å². The van der Waals surface area contributed by atoms with E-state index in [1.165, 1.54) is 7.11 Å². The third-order valence-corrected chi connectivity index (χ3v) is 6.12. The van der Waals surface area contributed by atoms with E-state index >= 15 is 0 Å². The van der Waals surface area contributed by atoms with Crippen LogP contribution in [0.4, 0.5) is 0 Å². The molecule has 1 fully saturated rings. The van der Waals surface area contributed by atoms with Crippen molar-refractivity contribution in [3.63, 3.8) is 0 Å². The predicted molar refractivity (Wildman–Crippen MR) is 131 cm³/mol. The number of nitrogens with one attached hydrogen (secondary N) is 2. The second-order valence-electron chi connectivity index (χ2n) is 8.33. The Kier molecular flexibility index (Phi) is 9.48. The van der Waals surface area contributed by atoms with Crippen molar-refractivity contribution in [2.24, 2.45) is 5.92 Å². The molecular formula is C26H33N3O6. The van der Waals surface area contributed by atoms with Crippen LogP contribution < -0.4 is 20.1 Å². The first kappa shape index (κ1) is 26.0. The van der Waals surface area contributed by atoms with Gasteiger partial charge in [0.05, 0.1) is 20.8 Å². The van der Waals surface area contributed by atoms with Crippen molar-refractivity contribution in [3.8, 4) is 11.5 Å². The van der Waals surface area contributed by atoms with Crippen molar-refractivity contribution in [3.05, 3.63) is 59.7 Å². The van der Waals surface area contributed by atoms with Gasteiger partial charge in [0.2, 0.25) is 5.91 Å². The van der Waals surface area contributed by atoms with Gasteiger partial charge >= 0.3 is 0 Å². The minimum Gasteiger partial charge on any atom is -0.497 e. The van der Waals surface area contributed by atoms with Crippen LogP contribution in [0.5, 0.6) is 11.5 Å². The molecule has 1 aliphatic heterocycles. The number of carbonyl (C=O) groups is 3. The van der Waals surface area contributed by atoms with E-state index in [2.05, 4.69) is 10.6 Å². The molecule has 2 N–H and O–H groups in total. The van der Waals surface area contributed by atoms with Gasteiger partial charge in [0.15, 0.2) is 0 Å². The largest absolute Gasteiger partial charge is 0.497 e. The Hall–Kier alpha value is -3.59. The molecule has 2 aromatic carbocycles. The lowest BCUT2D eigenvalue weighted by molar-refractivity contribution is -0.124. The number of carbonyl (C=O) groups excluding carboxylic acids is 3. The van der Waals surface area contributed by atoms with Gasteiger partial charge in [-0.3, -0.25) is 14.4 Å². The summed E-state index contributed by atoms with van der Waals surface area (Å²) >= 11 is 0. The molecule has 1 aliphatic rings. The molecule has 3 amide bonds. The molecule has 9 heteroatoms. The van der Waals surface area contributed by atoms with Gasteiger partial charge in [-0.2, -0.15) is 0 Å². The number of amides is 3. The number of benzene rings is 2. The Labute approximate surface area is 205 Å². The van der Waals surface area contributed by atoms with E-state index in [-0.39, 0.29) is 23.6 Å². The molecule has 188 valence electrons. The second kappa shape index (κ2) is 12.8. The number of likely N-dealkylation sites (tertiary alicyclic amines) is 1. The fourth-order valence-electron chi connectivity index (χ4n) is 4.15. The molecule has 35 heavy (non-hydrogen) atoms. The van der Waals surface area contributed by atoms with Crippen molar-refractivity contribution in [1.29, 1.82) is 0 Å². The van der Waals surface area contributed by atoms with Crippen molar-refractivity contribution in [1.82, 2.24) is 15.5 Å². The van der Waals surface area contributed by atoms with Gasteiger partial charge in [0.25, 0.3) is 11.8 Å². The third-order valence-electron chi connectivity index (χ3n) is 6.12. The summed E-state index contributed by atoms with van der Waals surface area (Å²) < 4.78 is 15.5. The molecule has 1 heterocycles. The quantitative estimate of drug-likeness (QED) is 0.502. The topological polar surface area (TPSA) is 106 Å². The maximum atomic E-state index is 13.0. The molecule has 0 radical (unpaired) electrons. The molecule has 0 saturated carbocycles. The number of nitrogens with zero attached hydrogens (tertiary/aromatic N) is 1. The van der Waals surface area contributed by atoms with E-state index in [9.17, 15) is 14.4 Å². The Morgan fingerprint density at radius 3 is 2.14 bits per heavy atom. The SMILES string of the molecule is COCCNC(=O)C(NC(=O)c1cccc(OC)c1)C1CCN(C(=O)c2cccc(OC)c2)CC1. The Morgan fingerprint density at radius 2 is 1.54 bits per heavy atom. The number of piperidine rings is 1. The molecule has 2 aromatic rings. The van der Waals surface area contributed by atoms with Gasteiger partial charge in [-0.1, -0.05) is 12.1 Å². The molecule has 1 saturated heterocycles. The lowest BCUT2D eigenvalue weighted by atomic mass is 9.88. The molecule has 0 aliphatic carbocycles. The first-order valence-corrected chi connectivity index (χ1v) is 11.6. The zero-order chi connectivity index (χ0) is 25.2. The molecule has 0 aromatic heterocycles. The summed E-state index contributed by atoms with van der Waals surface area (Å²) in [5, 5.41) is 5.74. The maximum absolute atomic E-state index is 13.0. The van der Waals surface area contributed by atoms with Crippen LogP contribution in [0.3, 0.4) is 0 Å². The number of ether oxygens (including phenoxy) is 3. The minimum absolute atomic E-state index is 0.0798. The fraction of sp³-hybridized carbons (Fsp3) is 0.423. The molecule has 0 spiro atoms. The van der Waals surface area contributed by atoms with E-state index < -0.39 is 6.04 Å². The summed E-state index contributed by atoms with van der Waals surface area (Å²) in [7, 11) is 4.65. The smallest absolute Gasteiger partial charge is 0.253 e. The minimum atomic E-state index is -0.736. The monoisotopic (exact) mass is 483 g/mol. The standard InChI is InChI=1S/C26H33N3O6/c1-33-15-12-27-25(31)23(28-24(30)19-6-4-8-21(16-19)34-2)18-10-13-29(14-11-18)26(32)20-7-5-9-22(17-20)35-3/h4-9,16-18,23H,10-15H2,1-3H3,(H,27,31)(H,28,30). The first-order chi connectivity index (χ1) is 17.0. The summed E-state index contributed by atoms with van der Waals surface area (Å²) in [6, 6.07) is 13.1. The summed E-state index contributed by atoms with van der Waals surface area (Å²) in [6.07, 6.45) is 1.16. The number of rotatable bonds is 10. The lowest BCUT2D eigenvalue weighted by Crippen LogP contribution is -2.54. The Balaban J connectivity index is 1.69. The van der Waals surface area contributed by atoms with Crippen LogP contribution in [0.25, 0.3) is 0 Å². The summed E-state index contributed by atoms with van der Waals surface area (Å²) in [6.45, 7) is 1.68. The van der Waals surface area contributed by atoms with Crippen molar-refractivity contribution < 1.29 is 28.6 Å². The number of hydrogen-bond donors (Lipinski definition) is 2. The van der Waals surface area contributed by atoms with E-state index in [1.54, 1.807) is 67.7 Å². The number of methoxy groups -OCH3 is 3. The summed E-state index contributed by atoms with van der Waals surface area (Å²) in [5.41, 5.74) is 0.965. The highest BCUT2D eigenvalue weighted by Crippen LogP contribution is 2.24. The predicted octanol–water partition coefficient (Wildman–Crippen LogP) is 2.12. The van der Waals surface area contributed by atoms with E-state index in [4.69, 9.17) is 14.2 Å². The molecule has 3 rings (SSSR count). The first-order valence-electron chi connectivity index (χ1n) is 11.6. The summed E-state index contributed by atoms with van der Waals surface area (Å²) in [5.74, 6) is 0.355. The van der Waals surface area contributed by atoms with Crippen LogP contribution >= 0.6 is 0 Å². The number of hydrogen-bond acceptors (Lipinski definition) is 6. The van der Waals surface area contributed by atoms with Gasteiger partial charge in [0.1, 0.15) is 17.5 Å². The van der Waals surface area contributed by atoms with Crippen LogP contribution in [0.15, 0.2) is 48.5 Å². The van der Waals surface area contributed by atoms with Crippen LogP contribution in [-0.4, -0.2) is 76.2 Å². The van der Waals surface area contributed by atoms with Crippen LogP contribution in [0, 0.1) is 5.92 Å². The highest BCUT2D eigenvalue weighted by molar-refractivity contribution is 5.98. The van der Waals surface area contributed by atoms with Gasteiger partial charge in [0, 0.05) is 37.9 Å². The molecule has 9 nitrogen and oxygen atoms in total. The van der Waals surface area contributed by atoms with Gasteiger partial charge in [-0.15, -0.1) is 0 Å². The zero-order valence-corrected chi connectivity index (χ0v) is 20.4. The molecule has 1 atom stereocenters. The van der Waals surface area contributed by atoms with Crippen molar-refractivity contribution in [2.45, 2.75) is 18.9 Å². The van der Waals surface area contributed by atoms with E-state index in [0.29, 0.717) is 61.7 Å². The van der Waals surface area contributed by atoms with Crippen molar-refractivity contribution in [2.75, 3.05) is 47.6 Å². The maximum Gasteiger partial charge on any atom is 0.253 e. The van der Waals surface area contributed by atoms with Gasteiger partial charge < -0.3 is 29.7 Å². The molecular weight excluding hydrogens is 450 g/mol. The molecule has 0 bridgehead atoms. The van der Waals surface area contributed by atoms with Crippen LogP contribution in [0.1, 0.15) is 33.6 Å². The summed E-state index contributed by atoms with van der Waals surface area (Å²) in [4.78, 5) is 40.7. The fourth-order valence-corrected chi connectivity index (χ4v) is 4.15. The zero-order valence-electron chi connectivity index (χ0n) is 20.4. The van der Waals surface area contributed by atoms with Crippen molar-refractivity contribution >= 4 is 17.7 Å².